The van der Waals surface area contributed by atoms with Gasteiger partial charge in [0.15, 0.2) is 11.6 Å². The van der Waals surface area contributed by atoms with E-state index in [-0.39, 0.29) is 17.1 Å². The third kappa shape index (κ3) is 3.82. The van der Waals surface area contributed by atoms with Gasteiger partial charge in [-0.2, -0.15) is 5.10 Å². The summed E-state index contributed by atoms with van der Waals surface area (Å²) in [6, 6.07) is 9.68. The second-order valence-corrected chi connectivity index (χ2v) is 7.35. The van der Waals surface area contributed by atoms with Crippen LogP contribution >= 0.6 is 0 Å². The highest BCUT2D eigenvalue weighted by Gasteiger charge is 2.28. The number of aromatic nitrogens is 2. The normalized spacial score (nSPS) is 14.9. The first kappa shape index (κ1) is 19.8. The third-order valence-corrected chi connectivity index (χ3v) is 5.18. The second kappa shape index (κ2) is 7.73. The first-order valence-corrected chi connectivity index (χ1v) is 9.55. The minimum absolute atomic E-state index is 0.0535. The van der Waals surface area contributed by atoms with Gasteiger partial charge in [-0.15, -0.1) is 0 Å². The SMILES string of the molecule is Nc1c(C(=O)c2cccc(C#CC3(O)CCCC3)c2)cnn1-c1ccc(F)cc1F. The van der Waals surface area contributed by atoms with Crippen LogP contribution in [0.4, 0.5) is 14.6 Å². The molecule has 152 valence electrons. The monoisotopic (exact) mass is 407 g/mol. The molecule has 1 aliphatic carbocycles. The zero-order valence-corrected chi connectivity index (χ0v) is 16.0. The summed E-state index contributed by atoms with van der Waals surface area (Å²) in [6.45, 7) is 0. The molecule has 1 aromatic heterocycles. The maximum Gasteiger partial charge on any atom is 0.198 e. The highest BCUT2D eigenvalue weighted by atomic mass is 19.1. The van der Waals surface area contributed by atoms with Gasteiger partial charge in [-0.3, -0.25) is 4.79 Å². The topological polar surface area (TPSA) is 81.1 Å². The Kier molecular flexibility index (Phi) is 5.10. The molecule has 1 aliphatic rings. The zero-order valence-electron chi connectivity index (χ0n) is 16.0. The van der Waals surface area contributed by atoms with Crippen molar-refractivity contribution in [1.29, 1.82) is 0 Å². The van der Waals surface area contributed by atoms with Gasteiger partial charge < -0.3 is 10.8 Å². The molecule has 1 fully saturated rings. The summed E-state index contributed by atoms with van der Waals surface area (Å²) in [6.07, 6.45) is 4.44. The molecule has 0 saturated heterocycles. The van der Waals surface area contributed by atoms with Crippen LogP contribution in [-0.2, 0) is 0 Å². The molecular weight excluding hydrogens is 388 g/mol. The summed E-state index contributed by atoms with van der Waals surface area (Å²) in [5, 5.41) is 14.4. The highest BCUT2D eigenvalue weighted by molar-refractivity contribution is 6.11. The van der Waals surface area contributed by atoms with E-state index in [1.54, 1.807) is 24.3 Å². The van der Waals surface area contributed by atoms with Gasteiger partial charge in [-0.1, -0.05) is 24.0 Å². The molecule has 1 saturated carbocycles. The van der Waals surface area contributed by atoms with E-state index in [1.807, 2.05) is 0 Å². The Hall–Kier alpha value is -3.50. The average Bonchev–Trinajstić information content (AvgIpc) is 3.33. The number of anilines is 1. The zero-order chi connectivity index (χ0) is 21.3. The molecular formula is C23H19F2N3O2. The van der Waals surface area contributed by atoms with Crippen LogP contribution in [0, 0.1) is 23.5 Å². The molecule has 0 bridgehead atoms. The number of rotatable bonds is 3. The molecule has 4 rings (SSSR count). The molecule has 3 N–H and O–H groups in total. The molecule has 0 atom stereocenters. The number of carbonyl (C=O) groups is 1. The van der Waals surface area contributed by atoms with E-state index < -0.39 is 23.0 Å². The summed E-state index contributed by atoms with van der Waals surface area (Å²) in [5.41, 5.74) is 6.04. The molecule has 5 nitrogen and oxygen atoms in total. The van der Waals surface area contributed by atoms with Gasteiger partial charge >= 0.3 is 0 Å². The Morgan fingerprint density at radius 3 is 2.67 bits per heavy atom. The average molecular weight is 407 g/mol. The predicted octanol–water partition coefficient (Wildman–Crippen LogP) is 3.62. The molecule has 7 heteroatoms. The lowest BCUT2D eigenvalue weighted by Crippen LogP contribution is -2.20. The Morgan fingerprint density at radius 1 is 1.17 bits per heavy atom. The summed E-state index contributed by atoms with van der Waals surface area (Å²) in [7, 11) is 0. The number of nitrogens with zero attached hydrogens (tertiary/aromatic N) is 2. The van der Waals surface area contributed by atoms with E-state index >= 15 is 0 Å². The lowest BCUT2D eigenvalue weighted by molar-refractivity contribution is 0.103. The minimum Gasteiger partial charge on any atom is -0.383 e. The highest BCUT2D eigenvalue weighted by Crippen LogP contribution is 2.28. The largest absolute Gasteiger partial charge is 0.383 e. The first-order chi connectivity index (χ1) is 14.4. The fraction of sp³-hybridized carbons (Fsp3) is 0.217. The van der Waals surface area contributed by atoms with Crippen LogP contribution in [0.25, 0.3) is 5.69 Å². The molecule has 3 aromatic rings. The third-order valence-electron chi connectivity index (χ3n) is 5.18. The van der Waals surface area contributed by atoms with Crippen LogP contribution in [0.3, 0.4) is 0 Å². The molecule has 0 radical (unpaired) electrons. The van der Waals surface area contributed by atoms with Crippen molar-refractivity contribution >= 4 is 11.6 Å². The fourth-order valence-electron chi connectivity index (χ4n) is 3.54. The van der Waals surface area contributed by atoms with Crippen LogP contribution in [0.1, 0.15) is 47.2 Å². The van der Waals surface area contributed by atoms with Crippen LogP contribution in [0.5, 0.6) is 0 Å². The lowest BCUT2D eigenvalue weighted by Gasteiger charge is -2.12. The number of ketones is 1. The number of nitrogens with two attached hydrogens (primary N) is 1. The number of hydrogen-bond acceptors (Lipinski definition) is 4. The minimum atomic E-state index is -0.967. The van der Waals surface area contributed by atoms with E-state index in [4.69, 9.17) is 5.73 Å². The molecule has 30 heavy (non-hydrogen) atoms. The first-order valence-electron chi connectivity index (χ1n) is 9.55. The van der Waals surface area contributed by atoms with Crippen molar-refractivity contribution in [3.8, 4) is 17.5 Å². The van der Waals surface area contributed by atoms with E-state index in [1.165, 1.54) is 12.3 Å². The quantitative estimate of drug-likeness (QED) is 0.513. The maximum atomic E-state index is 14.1. The summed E-state index contributed by atoms with van der Waals surface area (Å²) >= 11 is 0. The number of halogens is 2. The Morgan fingerprint density at radius 2 is 1.93 bits per heavy atom. The second-order valence-electron chi connectivity index (χ2n) is 7.35. The van der Waals surface area contributed by atoms with Crippen LogP contribution in [0.15, 0.2) is 48.7 Å². The van der Waals surface area contributed by atoms with Gasteiger partial charge in [0.2, 0.25) is 0 Å². The van der Waals surface area contributed by atoms with Crippen molar-refractivity contribution in [3.63, 3.8) is 0 Å². The molecule has 0 unspecified atom stereocenters. The van der Waals surface area contributed by atoms with E-state index in [9.17, 15) is 18.7 Å². The number of nitrogen functional groups attached to an aromatic ring is 1. The van der Waals surface area contributed by atoms with Gasteiger partial charge in [0.05, 0.1) is 11.8 Å². The molecule has 0 aliphatic heterocycles. The van der Waals surface area contributed by atoms with Crippen LogP contribution in [0.2, 0.25) is 0 Å². The van der Waals surface area contributed by atoms with E-state index in [0.29, 0.717) is 24.0 Å². The number of aliphatic hydroxyl groups is 1. The van der Waals surface area contributed by atoms with Gasteiger partial charge in [0, 0.05) is 17.2 Å². The standard InChI is InChI=1S/C23H19F2N3O2/c24-17-6-7-20(19(25)13-17)28-22(26)18(14-27-28)21(29)16-5-3-4-15(12-16)8-11-23(30)9-1-2-10-23/h3-7,12-14,30H,1-2,9-10,26H2. The smallest absolute Gasteiger partial charge is 0.198 e. The van der Waals surface area contributed by atoms with E-state index in [2.05, 4.69) is 16.9 Å². The van der Waals surface area contributed by atoms with E-state index in [0.717, 1.165) is 29.7 Å². The summed E-state index contributed by atoms with van der Waals surface area (Å²) < 4.78 is 28.3. The van der Waals surface area contributed by atoms with Crippen molar-refractivity contribution in [3.05, 3.63) is 77.0 Å². The summed E-state index contributed by atoms with van der Waals surface area (Å²) in [4.78, 5) is 12.9. The number of benzene rings is 2. The van der Waals surface area contributed by atoms with Crippen molar-refractivity contribution in [2.24, 2.45) is 0 Å². The Bertz CT molecular complexity index is 1180. The maximum absolute atomic E-state index is 14.1. The predicted molar refractivity (Wildman–Crippen MR) is 108 cm³/mol. The fourth-order valence-corrected chi connectivity index (χ4v) is 3.54. The molecule has 1 heterocycles. The van der Waals surface area contributed by atoms with Crippen molar-refractivity contribution in [2.45, 2.75) is 31.3 Å². The van der Waals surface area contributed by atoms with Crippen molar-refractivity contribution in [2.75, 3.05) is 5.73 Å². The number of carbonyl (C=O) groups excluding carboxylic acids is 1. The molecule has 2 aromatic carbocycles. The van der Waals surface area contributed by atoms with Crippen LogP contribution < -0.4 is 5.73 Å². The summed E-state index contributed by atoms with van der Waals surface area (Å²) in [5.74, 6) is 3.83. The van der Waals surface area contributed by atoms with Gasteiger partial charge in [-0.05, 0) is 49.9 Å². The molecule has 0 amide bonds. The van der Waals surface area contributed by atoms with Gasteiger partial charge in [0.25, 0.3) is 0 Å². The van der Waals surface area contributed by atoms with Crippen LogP contribution in [-0.4, -0.2) is 26.3 Å². The lowest BCUT2D eigenvalue weighted by atomic mass is 10.0. The van der Waals surface area contributed by atoms with Gasteiger partial charge in [-0.25, -0.2) is 13.5 Å². The molecule has 0 spiro atoms. The van der Waals surface area contributed by atoms with Crippen molar-refractivity contribution < 1.29 is 18.7 Å². The Balaban J connectivity index is 1.63. The van der Waals surface area contributed by atoms with Crippen molar-refractivity contribution in [1.82, 2.24) is 9.78 Å². The Labute approximate surface area is 172 Å². The van der Waals surface area contributed by atoms with Gasteiger partial charge in [0.1, 0.15) is 22.9 Å². The number of hydrogen-bond donors (Lipinski definition) is 2.